The Labute approximate surface area is 120 Å². The van der Waals surface area contributed by atoms with Gasteiger partial charge in [0.05, 0.1) is 5.60 Å². The van der Waals surface area contributed by atoms with Crippen LogP contribution in [-0.2, 0) is 4.74 Å². The predicted molar refractivity (Wildman–Crippen MR) is 83.7 cm³/mol. The number of nitrogens with one attached hydrogen (secondary N) is 1. The zero-order chi connectivity index (χ0) is 13.8. The molecule has 0 heterocycles. The van der Waals surface area contributed by atoms with Crippen LogP contribution in [0.25, 0.3) is 0 Å². The molecule has 0 atom stereocenters. The molecule has 19 heavy (non-hydrogen) atoms. The molecule has 114 valence electrons. The molecule has 0 aliphatic heterocycles. The summed E-state index contributed by atoms with van der Waals surface area (Å²) in [4.78, 5) is 0. The van der Waals surface area contributed by atoms with E-state index in [1.54, 1.807) is 0 Å². The van der Waals surface area contributed by atoms with Gasteiger partial charge in [-0.25, -0.2) is 0 Å². The second-order valence-electron chi connectivity index (χ2n) is 6.18. The lowest BCUT2D eigenvalue weighted by atomic mass is 10.0. The van der Waals surface area contributed by atoms with Crippen LogP contribution in [0, 0.1) is 0 Å². The summed E-state index contributed by atoms with van der Waals surface area (Å²) in [6, 6.07) is 0. The van der Waals surface area contributed by atoms with E-state index >= 15 is 0 Å². The van der Waals surface area contributed by atoms with Gasteiger partial charge in [-0.05, 0) is 32.2 Å². The Morgan fingerprint density at radius 1 is 0.895 bits per heavy atom. The maximum absolute atomic E-state index is 6.28. The third kappa shape index (κ3) is 7.31. The summed E-state index contributed by atoms with van der Waals surface area (Å²) >= 11 is 0. The number of ether oxygens (including phenoxy) is 1. The zero-order valence-corrected chi connectivity index (χ0v) is 13.3. The van der Waals surface area contributed by atoms with E-state index in [-0.39, 0.29) is 5.60 Å². The highest BCUT2D eigenvalue weighted by Gasteiger charge is 2.34. The fraction of sp³-hybridized carbons (Fsp3) is 1.00. The van der Waals surface area contributed by atoms with Gasteiger partial charge in [0, 0.05) is 13.2 Å². The van der Waals surface area contributed by atoms with Crippen LogP contribution >= 0.6 is 0 Å². The second-order valence-corrected chi connectivity index (χ2v) is 6.18. The number of rotatable bonds is 12. The Hall–Kier alpha value is -0.0800. The largest absolute Gasteiger partial charge is 0.374 e. The van der Waals surface area contributed by atoms with Crippen LogP contribution in [0.1, 0.15) is 84.5 Å². The third-order valence-electron chi connectivity index (χ3n) is 4.29. The smallest absolute Gasteiger partial charge is 0.0806 e. The van der Waals surface area contributed by atoms with Crippen molar-refractivity contribution in [2.75, 3.05) is 19.7 Å². The van der Waals surface area contributed by atoms with Crippen molar-refractivity contribution in [1.29, 1.82) is 0 Å². The molecule has 0 aromatic rings. The molecule has 0 saturated heterocycles. The SMILES string of the molecule is CCCCCCCCOC1(CNCCC)CCCC1. The molecule has 1 aliphatic rings. The van der Waals surface area contributed by atoms with Crippen LogP contribution < -0.4 is 5.32 Å². The topological polar surface area (TPSA) is 21.3 Å². The minimum atomic E-state index is 0.179. The molecule has 0 bridgehead atoms. The summed E-state index contributed by atoms with van der Waals surface area (Å²) in [6.07, 6.45) is 14.6. The molecule has 0 amide bonds. The van der Waals surface area contributed by atoms with E-state index in [0.717, 1.165) is 19.7 Å². The van der Waals surface area contributed by atoms with Gasteiger partial charge in [-0.15, -0.1) is 0 Å². The van der Waals surface area contributed by atoms with E-state index < -0.39 is 0 Å². The van der Waals surface area contributed by atoms with Gasteiger partial charge < -0.3 is 10.1 Å². The maximum Gasteiger partial charge on any atom is 0.0806 e. The summed E-state index contributed by atoms with van der Waals surface area (Å²) in [5.41, 5.74) is 0.179. The molecule has 1 rings (SSSR count). The van der Waals surface area contributed by atoms with Crippen molar-refractivity contribution in [3.05, 3.63) is 0 Å². The average Bonchev–Trinajstić information content (AvgIpc) is 2.87. The van der Waals surface area contributed by atoms with Crippen LogP contribution in [-0.4, -0.2) is 25.3 Å². The molecule has 0 aromatic carbocycles. The van der Waals surface area contributed by atoms with Gasteiger partial charge in [-0.1, -0.05) is 58.8 Å². The van der Waals surface area contributed by atoms with Crippen LogP contribution in [0.15, 0.2) is 0 Å². The lowest BCUT2D eigenvalue weighted by Crippen LogP contribution is -2.41. The van der Waals surface area contributed by atoms with Crippen LogP contribution in [0.5, 0.6) is 0 Å². The van der Waals surface area contributed by atoms with E-state index in [0.29, 0.717) is 0 Å². The highest BCUT2D eigenvalue weighted by atomic mass is 16.5. The van der Waals surface area contributed by atoms with Crippen molar-refractivity contribution < 1.29 is 4.74 Å². The second kappa shape index (κ2) is 10.7. The van der Waals surface area contributed by atoms with Gasteiger partial charge in [0.1, 0.15) is 0 Å². The normalized spacial score (nSPS) is 18.0. The molecular weight excluding hydrogens is 234 g/mol. The number of hydrogen-bond donors (Lipinski definition) is 1. The standard InChI is InChI=1S/C17H35NO/c1-3-5-6-7-8-11-15-19-17(12-9-10-13-17)16-18-14-4-2/h18H,3-16H2,1-2H3. The van der Waals surface area contributed by atoms with E-state index in [2.05, 4.69) is 19.2 Å². The van der Waals surface area contributed by atoms with Crippen LogP contribution in [0.2, 0.25) is 0 Å². The summed E-state index contributed by atoms with van der Waals surface area (Å²) in [5, 5.41) is 3.56. The molecule has 0 radical (unpaired) electrons. The Bertz CT molecular complexity index is 199. The van der Waals surface area contributed by atoms with Gasteiger partial charge in [0.25, 0.3) is 0 Å². The average molecular weight is 269 g/mol. The Morgan fingerprint density at radius 3 is 2.26 bits per heavy atom. The molecule has 2 heteroatoms. The lowest BCUT2D eigenvalue weighted by Gasteiger charge is -2.30. The van der Waals surface area contributed by atoms with Gasteiger partial charge in [0.2, 0.25) is 0 Å². The van der Waals surface area contributed by atoms with Crippen molar-refractivity contribution >= 4 is 0 Å². The highest BCUT2D eigenvalue weighted by molar-refractivity contribution is 4.88. The van der Waals surface area contributed by atoms with E-state index in [1.807, 2.05) is 0 Å². The summed E-state index contributed by atoms with van der Waals surface area (Å²) < 4.78 is 6.28. The van der Waals surface area contributed by atoms with Crippen molar-refractivity contribution in [1.82, 2.24) is 5.32 Å². The number of hydrogen-bond acceptors (Lipinski definition) is 2. The fourth-order valence-electron chi connectivity index (χ4n) is 3.06. The van der Waals surface area contributed by atoms with Gasteiger partial charge in [0.15, 0.2) is 0 Å². The first kappa shape index (κ1) is 17.0. The quantitative estimate of drug-likeness (QED) is 0.520. The van der Waals surface area contributed by atoms with Crippen molar-refractivity contribution in [2.45, 2.75) is 90.1 Å². The lowest BCUT2D eigenvalue weighted by molar-refractivity contribution is -0.0407. The molecule has 1 saturated carbocycles. The molecule has 0 aromatic heterocycles. The molecule has 1 N–H and O–H groups in total. The van der Waals surface area contributed by atoms with Crippen molar-refractivity contribution in [2.24, 2.45) is 0 Å². The fourth-order valence-corrected chi connectivity index (χ4v) is 3.06. The van der Waals surface area contributed by atoms with Crippen LogP contribution in [0.3, 0.4) is 0 Å². The van der Waals surface area contributed by atoms with Crippen molar-refractivity contribution in [3.8, 4) is 0 Å². The first-order valence-electron chi connectivity index (χ1n) is 8.67. The van der Waals surface area contributed by atoms with E-state index in [4.69, 9.17) is 4.74 Å². The summed E-state index contributed by atoms with van der Waals surface area (Å²) in [7, 11) is 0. The molecule has 1 aliphatic carbocycles. The Balaban J connectivity index is 2.08. The molecule has 2 nitrogen and oxygen atoms in total. The molecule has 0 spiro atoms. The molecular formula is C17H35NO. The minimum Gasteiger partial charge on any atom is -0.374 e. The first-order chi connectivity index (χ1) is 9.33. The van der Waals surface area contributed by atoms with Gasteiger partial charge in [-0.2, -0.15) is 0 Å². The predicted octanol–water partition coefficient (Wildman–Crippen LogP) is 4.68. The Morgan fingerprint density at radius 2 is 1.58 bits per heavy atom. The summed E-state index contributed by atoms with van der Waals surface area (Å²) in [6.45, 7) is 7.67. The molecule has 1 fully saturated rings. The van der Waals surface area contributed by atoms with Gasteiger partial charge >= 0.3 is 0 Å². The third-order valence-corrected chi connectivity index (χ3v) is 4.29. The maximum atomic E-state index is 6.28. The number of unbranched alkanes of at least 4 members (excludes halogenated alkanes) is 5. The highest BCUT2D eigenvalue weighted by Crippen LogP contribution is 2.33. The summed E-state index contributed by atoms with van der Waals surface area (Å²) in [5.74, 6) is 0. The monoisotopic (exact) mass is 269 g/mol. The van der Waals surface area contributed by atoms with E-state index in [1.165, 1.54) is 70.6 Å². The van der Waals surface area contributed by atoms with Crippen molar-refractivity contribution in [3.63, 3.8) is 0 Å². The zero-order valence-electron chi connectivity index (χ0n) is 13.3. The first-order valence-corrected chi connectivity index (χ1v) is 8.67. The minimum absolute atomic E-state index is 0.179. The Kier molecular flexibility index (Phi) is 9.54. The van der Waals surface area contributed by atoms with Gasteiger partial charge in [-0.3, -0.25) is 0 Å². The molecule has 0 unspecified atom stereocenters. The van der Waals surface area contributed by atoms with Crippen LogP contribution in [0.4, 0.5) is 0 Å². The van der Waals surface area contributed by atoms with E-state index in [9.17, 15) is 0 Å².